The maximum absolute atomic E-state index is 12.4. The summed E-state index contributed by atoms with van der Waals surface area (Å²) in [5.74, 6) is 0. The normalized spacial score (nSPS) is 18.3. The van der Waals surface area contributed by atoms with Gasteiger partial charge >= 0.3 is 5.69 Å². The van der Waals surface area contributed by atoms with Crippen LogP contribution in [0.1, 0.15) is 41.3 Å². The Hall–Kier alpha value is -4.25. The number of hydrogen-bond acceptors (Lipinski definition) is 5. The van der Waals surface area contributed by atoms with Crippen LogP contribution in [0.25, 0.3) is 0 Å². The van der Waals surface area contributed by atoms with Crippen LogP contribution in [0, 0.1) is 18.3 Å². The van der Waals surface area contributed by atoms with Gasteiger partial charge in [0, 0.05) is 11.8 Å². The summed E-state index contributed by atoms with van der Waals surface area (Å²) in [5, 5.41) is 10.3. The molecule has 37 heavy (non-hydrogen) atoms. The van der Waals surface area contributed by atoms with Crippen LogP contribution in [-0.2, 0) is 15.1 Å². The van der Waals surface area contributed by atoms with Crippen LogP contribution in [0.2, 0.25) is 0 Å². The molecule has 0 amide bonds. The molecule has 0 spiro atoms. The fourth-order valence-corrected chi connectivity index (χ4v) is 4.97. The van der Waals surface area contributed by atoms with E-state index in [1.165, 1.54) is 10.8 Å². The molecule has 2 heterocycles. The third kappa shape index (κ3) is 4.65. The number of aromatic nitrogens is 2. The predicted molar refractivity (Wildman–Crippen MR) is 139 cm³/mol. The van der Waals surface area contributed by atoms with Crippen LogP contribution in [-0.4, -0.2) is 21.8 Å². The van der Waals surface area contributed by atoms with E-state index in [1.54, 1.807) is 6.92 Å². The topological polar surface area (TPSA) is 97.1 Å². The Bertz CT molecular complexity index is 1410. The first-order chi connectivity index (χ1) is 18.0. The van der Waals surface area contributed by atoms with Gasteiger partial charge in [-0.25, -0.2) is 4.79 Å². The van der Waals surface area contributed by atoms with E-state index in [0.29, 0.717) is 18.4 Å². The van der Waals surface area contributed by atoms with Gasteiger partial charge in [-0.05, 0) is 36.5 Å². The molecule has 4 aromatic rings. The van der Waals surface area contributed by atoms with Crippen molar-refractivity contribution in [1.82, 2.24) is 9.55 Å². The molecule has 3 aromatic carbocycles. The highest BCUT2D eigenvalue weighted by atomic mass is 16.6. The van der Waals surface area contributed by atoms with E-state index in [9.17, 15) is 14.9 Å². The molecular formula is C30H27N3O4. The van der Waals surface area contributed by atoms with Crippen LogP contribution >= 0.6 is 0 Å². The summed E-state index contributed by atoms with van der Waals surface area (Å²) < 4.78 is 14.5. The minimum atomic E-state index is -1.07. The molecule has 1 aromatic heterocycles. The summed E-state index contributed by atoms with van der Waals surface area (Å²) in [6.07, 6.45) is 0.398. The van der Waals surface area contributed by atoms with Gasteiger partial charge in [0.15, 0.2) is 6.10 Å². The Morgan fingerprint density at radius 2 is 1.43 bits per heavy atom. The van der Waals surface area contributed by atoms with Gasteiger partial charge < -0.3 is 9.47 Å². The first kappa shape index (κ1) is 24.4. The zero-order chi connectivity index (χ0) is 25.8. The Balaban J connectivity index is 1.55. The lowest BCUT2D eigenvalue weighted by molar-refractivity contribution is -0.107. The number of aryl methyl sites for hydroxylation is 1. The molecule has 0 radical (unpaired) electrons. The van der Waals surface area contributed by atoms with Crippen molar-refractivity contribution in [3.8, 4) is 6.07 Å². The van der Waals surface area contributed by atoms with Crippen molar-refractivity contribution >= 4 is 0 Å². The maximum Gasteiger partial charge on any atom is 0.330 e. The van der Waals surface area contributed by atoms with E-state index >= 15 is 0 Å². The van der Waals surface area contributed by atoms with E-state index in [-0.39, 0.29) is 0 Å². The number of nitriles is 1. The van der Waals surface area contributed by atoms with Crippen molar-refractivity contribution < 1.29 is 9.47 Å². The number of rotatable bonds is 7. The summed E-state index contributed by atoms with van der Waals surface area (Å²) in [6.45, 7) is 1.64. The molecule has 3 atom stereocenters. The van der Waals surface area contributed by atoms with E-state index in [1.807, 2.05) is 91.0 Å². The first-order valence-electron chi connectivity index (χ1n) is 12.2. The first-order valence-corrected chi connectivity index (χ1v) is 12.2. The highest BCUT2D eigenvalue weighted by molar-refractivity contribution is 5.47. The summed E-state index contributed by atoms with van der Waals surface area (Å²) >= 11 is 0. The van der Waals surface area contributed by atoms with E-state index in [4.69, 9.17) is 9.47 Å². The van der Waals surface area contributed by atoms with Gasteiger partial charge in [0.2, 0.25) is 0 Å². The largest absolute Gasteiger partial charge is 0.351 e. The Labute approximate surface area is 214 Å². The van der Waals surface area contributed by atoms with Gasteiger partial charge in [0.05, 0.1) is 12.2 Å². The average molecular weight is 494 g/mol. The van der Waals surface area contributed by atoms with Gasteiger partial charge in [-0.1, -0.05) is 91.0 Å². The minimum Gasteiger partial charge on any atom is -0.351 e. The van der Waals surface area contributed by atoms with Gasteiger partial charge in [-0.2, -0.15) is 5.26 Å². The van der Waals surface area contributed by atoms with Crippen molar-refractivity contribution in [2.75, 3.05) is 0 Å². The summed E-state index contributed by atoms with van der Waals surface area (Å²) in [4.78, 5) is 26.6. The van der Waals surface area contributed by atoms with Crippen LogP contribution in [0.5, 0.6) is 0 Å². The number of hydrogen-bond donors (Lipinski definition) is 1. The molecule has 1 N–H and O–H groups in total. The minimum absolute atomic E-state index is 0.413. The fourth-order valence-electron chi connectivity index (χ4n) is 4.97. The highest BCUT2D eigenvalue weighted by Crippen LogP contribution is 2.43. The molecule has 1 aliphatic rings. The van der Waals surface area contributed by atoms with Crippen molar-refractivity contribution in [3.63, 3.8) is 0 Å². The van der Waals surface area contributed by atoms with Crippen molar-refractivity contribution in [2.24, 2.45) is 0 Å². The van der Waals surface area contributed by atoms with Gasteiger partial charge in [0.1, 0.15) is 11.8 Å². The molecule has 1 saturated heterocycles. The Morgan fingerprint density at radius 1 is 0.919 bits per heavy atom. The second-order valence-corrected chi connectivity index (χ2v) is 9.13. The SMILES string of the molecule is Cc1cn([C@H]2CC[C@@H](C(C#N)OC(c3ccccc3)(c3ccccc3)c3ccccc3)O2)c(=O)[nH]c1=O. The lowest BCUT2D eigenvalue weighted by Gasteiger charge is -2.38. The van der Waals surface area contributed by atoms with Crippen molar-refractivity contribution in [2.45, 2.75) is 43.8 Å². The van der Waals surface area contributed by atoms with Crippen LogP contribution < -0.4 is 11.2 Å². The van der Waals surface area contributed by atoms with Crippen LogP contribution in [0.15, 0.2) is 107 Å². The third-order valence-electron chi connectivity index (χ3n) is 6.80. The number of nitrogens with one attached hydrogen (secondary N) is 1. The molecule has 0 saturated carbocycles. The quantitative estimate of drug-likeness (QED) is 0.384. The molecular weight excluding hydrogens is 466 g/mol. The standard InChI is InChI=1S/C30H27N3O4/c1-21-20-33(29(35)32-28(21)34)27-18-17-25(36-27)26(19-31)37-30(22-11-5-2-6-12-22,23-13-7-3-8-14-23)24-15-9-4-10-16-24/h2-16,20,25-27H,17-18H2,1H3,(H,32,34,35)/t25-,26?,27+/m0/s1. The Morgan fingerprint density at radius 3 is 1.92 bits per heavy atom. The average Bonchev–Trinajstić information content (AvgIpc) is 3.43. The monoisotopic (exact) mass is 493 g/mol. The highest BCUT2D eigenvalue weighted by Gasteiger charge is 2.44. The number of H-pyrrole nitrogens is 1. The summed E-state index contributed by atoms with van der Waals surface area (Å²) in [6, 6.07) is 31.8. The van der Waals surface area contributed by atoms with Gasteiger partial charge in [-0.15, -0.1) is 0 Å². The second kappa shape index (κ2) is 10.4. The Kier molecular flexibility index (Phi) is 6.87. The molecule has 0 aliphatic carbocycles. The third-order valence-corrected chi connectivity index (χ3v) is 6.80. The second-order valence-electron chi connectivity index (χ2n) is 9.13. The molecule has 5 rings (SSSR count). The molecule has 0 bridgehead atoms. The smallest absolute Gasteiger partial charge is 0.330 e. The number of nitrogens with zero attached hydrogens (tertiary/aromatic N) is 2. The number of ether oxygens (including phenoxy) is 2. The van der Waals surface area contributed by atoms with Gasteiger partial charge in [0.25, 0.3) is 5.56 Å². The fraction of sp³-hybridized carbons (Fsp3) is 0.233. The summed E-state index contributed by atoms with van der Waals surface area (Å²) in [7, 11) is 0. The van der Waals surface area contributed by atoms with E-state index < -0.39 is 35.3 Å². The van der Waals surface area contributed by atoms with Crippen molar-refractivity contribution in [1.29, 1.82) is 5.26 Å². The number of aromatic amines is 1. The maximum atomic E-state index is 12.4. The molecule has 1 unspecified atom stereocenters. The van der Waals surface area contributed by atoms with E-state index in [0.717, 1.165) is 16.7 Å². The van der Waals surface area contributed by atoms with Crippen LogP contribution in [0.3, 0.4) is 0 Å². The lowest BCUT2D eigenvalue weighted by atomic mass is 9.79. The molecule has 7 heteroatoms. The molecule has 186 valence electrons. The van der Waals surface area contributed by atoms with Crippen molar-refractivity contribution in [3.05, 3.63) is 140 Å². The van der Waals surface area contributed by atoms with Crippen LogP contribution in [0.4, 0.5) is 0 Å². The molecule has 1 aliphatic heterocycles. The van der Waals surface area contributed by atoms with Gasteiger partial charge in [-0.3, -0.25) is 14.3 Å². The predicted octanol–water partition coefficient (Wildman–Crippen LogP) is 4.42. The molecule has 1 fully saturated rings. The summed E-state index contributed by atoms with van der Waals surface area (Å²) in [5.41, 5.74) is 1.03. The molecule has 7 nitrogen and oxygen atoms in total. The number of benzene rings is 3. The lowest BCUT2D eigenvalue weighted by Crippen LogP contribution is -2.41. The zero-order valence-corrected chi connectivity index (χ0v) is 20.4. The van der Waals surface area contributed by atoms with E-state index in [2.05, 4.69) is 11.1 Å². The zero-order valence-electron chi connectivity index (χ0n) is 20.4.